The molecule has 2 aromatic rings. The number of fused-ring (bicyclic) bond motifs is 1. The van der Waals surface area contributed by atoms with Crippen LogP contribution >= 0.6 is 0 Å². The van der Waals surface area contributed by atoms with E-state index in [0.29, 0.717) is 17.5 Å². The minimum Gasteiger partial charge on any atom is -0.325 e. The zero-order valence-corrected chi connectivity index (χ0v) is 20.9. The van der Waals surface area contributed by atoms with E-state index in [1.54, 1.807) is 6.07 Å². The van der Waals surface area contributed by atoms with Gasteiger partial charge in [0.2, 0.25) is 0 Å². The maximum absolute atomic E-state index is 14.0. The van der Waals surface area contributed by atoms with E-state index in [0.717, 1.165) is 24.1 Å². The van der Waals surface area contributed by atoms with Crippen LogP contribution in [-0.4, -0.2) is 4.98 Å². The Morgan fingerprint density at radius 1 is 1.23 bits per heavy atom. The largest absolute Gasteiger partial charge is 0.325 e. The molecule has 174 valence electrons. The molecule has 1 aliphatic carbocycles. The predicted molar refractivity (Wildman–Crippen MR) is 135 cm³/mol. The monoisotopic (exact) mass is 429 g/mol. The number of allylic oxidation sites excluding steroid dienone is 2. The summed E-state index contributed by atoms with van der Waals surface area (Å²) in [4.78, 5) is 15.3. The minimum absolute atomic E-state index is 0. The zero-order valence-electron chi connectivity index (χ0n) is 20.9. The lowest BCUT2D eigenvalue weighted by Gasteiger charge is -2.18. The average Bonchev–Trinajstić information content (AvgIpc) is 3.04. The molecule has 0 aliphatic heterocycles. The molecule has 1 aromatic heterocycles. The number of rotatable bonds is 5. The molecule has 1 N–H and O–H groups in total. The summed E-state index contributed by atoms with van der Waals surface area (Å²) in [6, 6.07) is 7.12. The highest BCUT2D eigenvalue weighted by Crippen LogP contribution is 2.36. The van der Waals surface area contributed by atoms with Crippen molar-refractivity contribution in [2.75, 3.05) is 0 Å². The Morgan fingerprint density at radius 3 is 2.48 bits per heavy atom. The van der Waals surface area contributed by atoms with Crippen molar-refractivity contribution in [1.82, 2.24) is 4.98 Å². The first-order chi connectivity index (χ1) is 14.7. The smallest absolute Gasteiger partial charge is 0.251 e. The standard InChI is InChI=1S/C18H20FNO.C8H16.C2H6.H2/c1-11-4-5-12(15(19)8-11)9-14-10-13-6-7-18(2,3)16(13)20-17(14)21;1-4-6-7-8(3)5-2;1-2;/h4-5,8,10H,6-7,9H2,1-3H3,(H,20,21);5H,4,6-7H2,1-3H3;1-2H3;1H/b;8-5+;;. The molecule has 1 aromatic carbocycles. The number of aryl methyl sites for hydroxylation is 2. The van der Waals surface area contributed by atoms with E-state index in [4.69, 9.17) is 0 Å². The molecule has 0 saturated carbocycles. The van der Waals surface area contributed by atoms with Crippen LogP contribution in [0, 0.1) is 12.7 Å². The molecule has 1 heterocycles. The van der Waals surface area contributed by atoms with Crippen LogP contribution in [0.4, 0.5) is 4.39 Å². The summed E-state index contributed by atoms with van der Waals surface area (Å²) < 4.78 is 14.0. The summed E-state index contributed by atoms with van der Waals surface area (Å²) in [5.41, 5.74) is 5.80. The number of H-pyrrole nitrogens is 1. The Labute approximate surface area is 190 Å². The lowest BCUT2D eigenvalue weighted by atomic mass is 9.90. The van der Waals surface area contributed by atoms with Crippen LogP contribution in [0.15, 0.2) is 40.7 Å². The van der Waals surface area contributed by atoms with Gasteiger partial charge in [0.15, 0.2) is 0 Å². The second kappa shape index (κ2) is 12.6. The zero-order chi connectivity index (χ0) is 23.6. The Kier molecular flexibility index (Phi) is 11.0. The first-order valence-corrected chi connectivity index (χ1v) is 11.8. The Balaban J connectivity index is 0.000000749. The first-order valence-electron chi connectivity index (χ1n) is 11.8. The molecule has 0 fully saturated rings. The number of unbranched alkanes of at least 4 members (excludes halogenated alkanes) is 1. The Bertz CT molecular complexity index is 928. The van der Waals surface area contributed by atoms with Gasteiger partial charge in [0.1, 0.15) is 5.82 Å². The number of aromatic nitrogens is 1. The topological polar surface area (TPSA) is 32.9 Å². The van der Waals surface area contributed by atoms with Crippen molar-refractivity contribution in [3.63, 3.8) is 0 Å². The summed E-state index contributed by atoms with van der Waals surface area (Å²) in [6.07, 6.45) is 8.49. The minimum atomic E-state index is -0.241. The van der Waals surface area contributed by atoms with E-state index >= 15 is 0 Å². The van der Waals surface area contributed by atoms with Crippen LogP contribution in [-0.2, 0) is 18.3 Å². The quantitative estimate of drug-likeness (QED) is 0.479. The van der Waals surface area contributed by atoms with Crippen molar-refractivity contribution in [2.24, 2.45) is 0 Å². The van der Waals surface area contributed by atoms with Gasteiger partial charge < -0.3 is 4.98 Å². The molecule has 0 atom stereocenters. The number of hydrogen-bond acceptors (Lipinski definition) is 1. The van der Waals surface area contributed by atoms with Crippen LogP contribution in [0.1, 0.15) is 104 Å². The third kappa shape index (κ3) is 7.79. The van der Waals surface area contributed by atoms with E-state index in [-0.39, 0.29) is 18.2 Å². The fourth-order valence-electron chi connectivity index (χ4n) is 3.73. The summed E-state index contributed by atoms with van der Waals surface area (Å²) >= 11 is 0. The van der Waals surface area contributed by atoms with Gasteiger partial charge in [-0.05, 0) is 75.3 Å². The van der Waals surface area contributed by atoms with E-state index < -0.39 is 0 Å². The second-order valence-electron chi connectivity index (χ2n) is 8.92. The molecule has 3 heteroatoms. The third-order valence-electron chi connectivity index (χ3n) is 5.90. The highest BCUT2D eigenvalue weighted by Gasteiger charge is 2.31. The lowest BCUT2D eigenvalue weighted by molar-refractivity contribution is 0.508. The molecule has 0 unspecified atom stereocenters. The van der Waals surface area contributed by atoms with Crippen LogP contribution in [0.25, 0.3) is 0 Å². The average molecular weight is 430 g/mol. The predicted octanol–water partition coefficient (Wildman–Crippen LogP) is 8.05. The van der Waals surface area contributed by atoms with Crippen molar-refractivity contribution in [3.05, 3.63) is 80.0 Å². The third-order valence-corrected chi connectivity index (χ3v) is 5.90. The van der Waals surface area contributed by atoms with Crippen LogP contribution < -0.4 is 5.56 Å². The Hall–Kier alpha value is -2.16. The molecule has 0 saturated heterocycles. The van der Waals surface area contributed by atoms with Gasteiger partial charge >= 0.3 is 0 Å². The highest BCUT2D eigenvalue weighted by atomic mass is 19.1. The van der Waals surface area contributed by atoms with Gasteiger partial charge in [-0.25, -0.2) is 4.39 Å². The van der Waals surface area contributed by atoms with Gasteiger partial charge in [-0.2, -0.15) is 0 Å². The number of nitrogens with one attached hydrogen (secondary N) is 1. The second-order valence-corrected chi connectivity index (χ2v) is 8.92. The molecular weight excluding hydrogens is 385 g/mol. The first kappa shape index (κ1) is 26.9. The molecule has 0 radical (unpaired) electrons. The van der Waals surface area contributed by atoms with Crippen LogP contribution in [0.2, 0.25) is 0 Å². The number of halogens is 1. The summed E-state index contributed by atoms with van der Waals surface area (Å²) in [5, 5.41) is 0. The Morgan fingerprint density at radius 2 is 1.90 bits per heavy atom. The highest BCUT2D eigenvalue weighted by molar-refractivity contribution is 5.37. The number of benzene rings is 1. The molecule has 3 rings (SSSR count). The SMILES string of the molecule is C/C=C(\C)CCCC.CC.Cc1ccc(Cc2cc3c([nH]c2=O)C(C)(C)CC3)c(F)c1.[HH]. The van der Waals surface area contributed by atoms with E-state index in [1.807, 2.05) is 32.9 Å². The van der Waals surface area contributed by atoms with Crippen molar-refractivity contribution < 1.29 is 5.82 Å². The van der Waals surface area contributed by atoms with Gasteiger partial charge in [-0.1, -0.05) is 64.8 Å². The number of pyridine rings is 1. The van der Waals surface area contributed by atoms with E-state index in [1.165, 1.54) is 36.5 Å². The summed E-state index contributed by atoms with van der Waals surface area (Å²) in [5.74, 6) is -0.241. The molecule has 0 amide bonds. The summed E-state index contributed by atoms with van der Waals surface area (Å²) in [7, 11) is 0. The van der Waals surface area contributed by atoms with Gasteiger partial charge in [0.05, 0.1) is 0 Å². The molecule has 31 heavy (non-hydrogen) atoms. The van der Waals surface area contributed by atoms with Crippen molar-refractivity contribution >= 4 is 0 Å². The number of aromatic amines is 1. The van der Waals surface area contributed by atoms with Gasteiger partial charge in [-0.3, -0.25) is 4.79 Å². The molecular formula is C28H44FNO. The summed E-state index contributed by atoms with van der Waals surface area (Å²) in [6.45, 7) is 16.7. The fraction of sp³-hybridized carbons (Fsp3) is 0.536. The van der Waals surface area contributed by atoms with Crippen molar-refractivity contribution in [2.45, 2.75) is 99.3 Å². The van der Waals surface area contributed by atoms with E-state index in [2.05, 4.69) is 45.7 Å². The lowest BCUT2D eigenvalue weighted by Crippen LogP contribution is -2.22. The fourth-order valence-corrected chi connectivity index (χ4v) is 3.73. The van der Waals surface area contributed by atoms with Gasteiger partial charge in [0, 0.05) is 24.5 Å². The normalized spacial score (nSPS) is 14.2. The molecule has 2 nitrogen and oxygen atoms in total. The van der Waals surface area contributed by atoms with Crippen molar-refractivity contribution in [3.8, 4) is 0 Å². The maximum atomic E-state index is 14.0. The maximum Gasteiger partial charge on any atom is 0.251 e. The number of hydrogen-bond donors (Lipinski definition) is 1. The van der Waals surface area contributed by atoms with Crippen molar-refractivity contribution in [1.29, 1.82) is 0 Å². The van der Waals surface area contributed by atoms with Gasteiger partial charge in [0.25, 0.3) is 5.56 Å². The van der Waals surface area contributed by atoms with Crippen LogP contribution in [0.3, 0.4) is 0 Å². The molecule has 1 aliphatic rings. The molecule has 0 spiro atoms. The van der Waals surface area contributed by atoms with Gasteiger partial charge in [-0.15, -0.1) is 0 Å². The molecule has 0 bridgehead atoms. The van der Waals surface area contributed by atoms with E-state index in [9.17, 15) is 9.18 Å². The van der Waals surface area contributed by atoms with Crippen LogP contribution in [0.5, 0.6) is 0 Å².